The lowest BCUT2D eigenvalue weighted by molar-refractivity contribution is 0.0704. The fourth-order valence-corrected chi connectivity index (χ4v) is 7.52. The largest absolute Gasteiger partial charge is 0.508 e. The first-order valence-corrected chi connectivity index (χ1v) is 14.0. The molecular weight excluding hydrogens is 484 g/mol. The first kappa shape index (κ1) is 25.4. The maximum atomic E-state index is 9.95. The minimum Gasteiger partial charge on any atom is -0.508 e. The van der Waals surface area contributed by atoms with Crippen LogP contribution >= 0.6 is 0 Å². The van der Waals surface area contributed by atoms with E-state index in [4.69, 9.17) is 0 Å². The Morgan fingerprint density at radius 3 is 0.718 bits per heavy atom. The van der Waals surface area contributed by atoms with Crippen molar-refractivity contribution in [2.45, 2.75) is 62.2 Å². The topological polar surface area (TPSA) is 80.9 Å². The highest BCUT2D eigenvalue weighted by molar-refractivity contribution is 5.46. The minimum absolute atomic E-state index is 0.144. The Morgan fingerprint density at radius 2 is 0.513 bits per heavy atom. The Labute approximate surface area is 230 Å². The van der Waals surface area contributed by atoms with Gasteiger partial charge < -0.3 is 20.4 Å². The van der Waals surface area contributed by atoms with Gasteiger partial charge in [0.25, 0.3) is 0 Å². The van der Waals surface area contributed by atoms with Gasteiger partial charge in [-0.05, 0) is 128 Å². The first-order valence-electron chi connectivity index (χ1n) is 14.0. The highest BCUT2D eigenvalue weighted by Crippen LogP contribution is 2.59. The van der Waals surface area contributed by atoms with E-state index >= 15 is 0 Å². The van der Waals surface area contributed by atoms with Gasteiger partial charge >= 0.3 is 0 Å². The highest BCUT2D eigenvalue weighted by Gasteiger charge is 2.49. The van der Waals surface area contributed by atoms with Crippen LogP contribution < -0.4 is 0 Å². The van der Waals surface area contributed by atoms with Gasteiger partial charge in [-0.15, -0.1) is 0 Å². The molecule has 4 aromatic carbocycles. The predicted molar refractivity (Wildman–Crippen MR) is 153 cm³/mol. The summed E-state index contributed by atoms with van der Waals surface area (Å²) in [6.07, 6.45) is 8.57. The predicted octanol–water partition coefficient (Wildman–Crippen LogP) is 7.92. The Kier molecular flexibility index (Phi) is 6.29. The van der Waals surface area contributed by atoms with Crippen LogP contribution in [0.5, 0.6) is 23.0 Å². The molecule has 0 aliphatic heterocycles. The minimum atomic E-state index is -0.144. The molecule has 4 N–H and O–H groups in total. The summed E-state index contributed by atoms with van der Waals surface area (Å²) in [5.74, 6) is 1.11. The molecule has 4 heteroatoms. The molecule has 0 atom stereocenters. The molecule has 2 aliphatic rings. The summed E-state index contributed by atoms with van der Waals surface area (Å²) in [6, 6.07) is 30.7. The molecule has 0 bridgehead atoms. The molecule has 39 heavy (non-hydrogen) atoms. The molecular formula is C35H36O4. The molecule has 0 aromatic heterocycles. The van der Waals surface area contributed by atoms with E-state index < -0.39 is 0 Å². The standard InChI is InChI=1S/C35H36O4/c36-29-9-1-25(2-10-29)34(26-3-11-30(37)12-4-26)21-17-33(18-22-34)19-23-35(24-20-33,27-5-13-31(38)14-6-27)28-7-15-32(39)16-8-28/h1-16,36-39H,17-24H2. The summed E-state index contributed by atoms with van der Waals surface area (Å²) in [7, 11) is 0. The number of phenolic OH excluding ortho intramolecular Hbond substituents is 4. The van der Waals surface area contributed by atoms with Crippen LogP contribution in [0.3, 0.4) is 0 Å². The molecule has 4 aromatic rings. The van der Waals surface area contributed by atoms with Gasteiger partial charge in [-0.25, -0.2) is 0 Å². The summed E-state index contributed by atoms with van der Waals surface area (Å²) in [6.45, 7) is 0. The van der Waals surface area contributed by atoms with Crippen molar-refractivity contribution in [3.05, 3.63) is 119 Å². The number of phenols is 4. The molecule has 0 unspecified atom stereocenters. The van der Waals surface area contributed by atoms with Gasteiger partial charge in [-0.3, -0.25) is 0 Å². The SMILES string of the molecule is Oc1ccc(C2(c3ccc(O)cc3)CCC3(CC2)CCC(c2ccc(O)cc2)(c2ccc(O)cc2)CC3)cc1. The average molecular weight is 521 g/mol. The maximum absolute atomic E-state index is 9.95. The van der Waals surface area contributed by atoms with Gasteiger partial charge in [-0.1, -0.05) is 48.5 Å². The maximum Gasteiger partial charge on any atom is 0.115 e. The van der Waals surface area contributed by atoms with Crippen molar-refractivity contribution in [3.8, 4) is 23.0 Å². The molecule has 200 valence electrons. The lowest BCUT2D eigenvalue weighted by Crippen LogP contribution is -2.43. The van der Waals surface area contributed by atoms with E-state index in [1.54, 1.807) is 48.5 Å². The fraction of sp³-hybridized carbons (Fsp3) is 0.314. The van der Waals surface area contributed by atoms with Gasteiger partial charge in [-0.2, -0.15) is 0 Å². The zero-order valence-corrected chi connectivity index (χ0v) is 22.2. The molecule has 0 amide bonds. The van der Waals surface area contributed by atoms with Crippen LogP contribution in [0.15, 0.2) is 97.1 Å². The van der Waals surface area contributed by atoms with E-state index in [0.717, 1.165) is 51.4 Å². The third-order valence-corrected chi connectivity index (χ3v) is 10.0. The van der Waals surface area contributed by atoms with Crippen LogP contribution in [-0.4, -0.2) is 20.4 Å². The number of aromatic hydroxyl groups is 4. The van der Waals surface area contributed by atoms with Crippen LogP contribution in [0.4, 0.5) is 0 Å². The van der Waals surface area contributed by atoms with Crippen molar-refractivity contribution < 1.29 is 20.4 Å². The van der Waals surface area contributed by atoms with Crippen molar-refractivity contribution in [3.63, 3.8) is 0 Å². The second-order valence-corrected chi connectivity index (χ2v) is 11.9. The van der Waals surface area contributed by atoms with Crippen LogP contribution in [0.25, 0.3) is 0 Å². The Balaban J connectivity index is 1.29. The molecule has 2 aliphatic carbocycles. The molecule has 6 rings (SSSR count). The highest BCUT2D eigenvalue weighted by atomic mass is 16.3. The monoisotopic (exact) mass is 520 g/mol. The van der Waals surface area contributed by atoms with E-state index in [1.165, 1.54) is 22.3 Å². The smallest absolute Gasteiger partial charge is 0.115 e. The molecule has 0 heterocycles. The Morgan fingerprint density at radius 1 is 0.308 bits per heavy atom. The zero-order valence-electron chi connectivity index (χ0n) is 22.2. The lowest BCUT2D eigenvalue weighted by Gasteiger charge is -2.53. The van der Waals surface area contributed by atoms with E-state index in [1.807, 2.05) is 0 Å². The van der Waals surface area contributed by atoms with Crippen molar-refractivity contribution in [2.24, 2.45) is 5.41 Å². The number of benzene rings is 4. The second-order valence-electron chi connectivity index (χ2n) is 11.9. The average Bonchev–Trinajstić information content (AvgIpc) is 2.96. The third kappa shape index (κ3) is 4.52. The Hall–Kier alpha value is -3.92. The summed E-state index contributed by atoms with van der Waals surface area (Å²) in [4.78, 5) is 0. The summed E-state index contributed by atoms with van der Waals surface area (Å²) in [5.41, 5.74) is 4.87. The fourth-order valence-electron chi connectivity index (χ4n) is 7.52. The molecule has 0 radical (unpaired) electrons. The summed E-state index contributed by atoms with van der Waals surface area (Å²) >= 11 is 0. The van der Waals surface area contributed by atoms with Crippen LogP contribution in [0, 0.1) is 5.41 Å². The zero-order chi connectivity index (χ0) is 27.1. The van der Waals surface area contributed by atoms with Gasteiger partial charge in [0.1, 0.15) is 23.0 Å². The second kappa shape index (κ2) is 9.68. The summed E-state index contributed by atoms with van der Waals surface area (Å²) in [5, 5.41) is 39.8. The first-order chi connectivity index (χ1) is 18.8. The van der Waals surface area contributed by atoms with Crippen molar-refractivity contribution in [1.82, 2.24) is 0 Å². The normalized spacial score (nSPS) is 19.5. The third-order valence-electron chi connectivity index (χ3n) is 10.0. The van der Waals surface area contributed by atoms with E-state index in [0.29, 0.717) is 0 Å². The molecule has 4 nitrogen and oxygen atoms in total. The Bertz CT molecular complexity index is 1190. The van der Waals surface area contributed by atoms with Crippen LogP contribution in [0.2, 0.25) is 0 Å². The van der Waals surface area contributed by atoms with Crippen LogP contribution in [-0.2, 0) is 10.8 Å². The molecule has 2 saturated carbocycles. The number of rotatable bonds is 4. The molecule has 2 fully saturated rings. The van der Waals surface area contributed by atoms with E-state index in [-0.39, 0.29) is 39.2 Å². The lowest BCUT2D eigenvalue weighted by atomic mass is 9.51. The van der Waals surface area contributed by atoms with Crippen molar-refractivity contribution in [2.75, 3.05) is 0 Å². The van der Waals surface area contributed by atoms with Gasteiger partial charge in [0.05, 0.1) is 0 Å². The van der Waals surface area contributed by atoms with E-state index in [2.05, 4.69) is 48.5 Å². The number of hydrogen-bond acceptors (Lipinski definition) is 4. The van der Waals surface area contributed by atoms with Crippen molar-refractivity contribution >= 4 is 0 Å². The van der Waals surface area contributed by atoms with Crippen molar-refractivity contribution in [1.29, 1.82) is 0 Å². The quantitative estimate of drug-likeness (QED) is 0.220. The van der Waals surface area contributed by atoms with Gasteiger partial charge in [0, 0.05) is 10.8 Å². The molecule has 1 spiro atoms. The van der Waals surface area contributed by atoms with Crippen LogP contribution in [0.1, 0.15) is 73.6 Å². The van der Waals surface area contributed by atoms with Gasteiger partial charge in [0.2, 0.25) is 0 Å². The molecule has 0 saturated heterocycles. The number of hydrogen-bond donors (Lipinski definition) is 4. The van der Waals surface area contributed by atoms with E-state index in [9.17, 15) is 20.4 Å². The van der Waals surface area contributed by atoms with Gasteiger partial charge in [0.15, 0.2) is 0 Å². The summed E-state index contributed by atoms with van der Waals surface area (Å²) < 4.78 is 0.